The van der Waals surface area contributed by atoms with Crippen LogP contribution in [0.2, 0.25) is 0 Å². The SMILES string of the molecule is COc1cc(CCNCBr)c(OC)cc1C. The molecule has 0 aliphatic carbocycles. The lowest BCUT2D eigenvalue weighted by atomic mass is 10.1. The molecule has 90 valence electrons. The van der Waals surface area contributed by atoms with Gasteiger partial charge in [-0.05, 0) is 36.6 Å². The molecule has 0 radical (unpaired) electrons. The highest BCUT2D eigenvalue weighted by molar-refractivity contribution is 9.09. The van der Waals surface area contributed by atoms with E-state index in [9.17, 15) is 0 Å². The Kier molecular flexibility index (Phi) is 5.63. The number of benzene rings is 1. The monoisotopic (exact) mass is 287 g/mol. The molecule has 1 aromatic carbocycles. The summed E-state index contributed by atoms with van der Waals surface area (Å²) in [5.41, 5.74) is 3.06. The van der Waals surface area contributed by atoms with Crippen molar-refractivity contribution in [2.75, 3.05) is 26.2 Å². The van der Waals surface area contributed by atoms with E-state index in [4.69, 9.17) is 9.47 Å². The number of rotatable bonds is 6. The van der Waals surface area contributed by atoms with Crippen LogP contribution >= 0.6 is 15.9 Å². The molecule has 0 bridgehead atoms. The van der Waals surface area contributed by atoms with Gasteiger partial charge in [0.05, 0.1) is 19.7 Å². The van der Waals surface area contributed by atoms with Gasteiger partial charge in [-0.1, -0.05) is 15.9 Å². The first-order valence-corrected chi connectivity index (χ1v) is 6.33. The molecule has 0 aliphatic heterocycles. The van der Waals surface area contributed by atoms with Crippen LogP contribution < -0.4 is 14.8 Å². The Bertz CT molecular complexity index is 342. The van der Waals surface area contributed by atoms with E-state index in [1.807, 2.05) is 19.1 Å². The third kappa shape index (κ3) is 3.39. The van der Waals surface area contributed by atoms with Gasteiger partial charge in [-0.2, -0.15) is 0 Å². The minimum atomic E-state index is 0.804. The molecule has 0 aromatic heterocycles. The first-order chi connectivity index (χ1) is 7.72. The fourth-order valence-electron chi connectivity index (χ4n) is 1.60. The second kappa shape index (κ2) is 6.76. The molecule has 1 aromatic rings. The number of halogens is 1. The molecule has 1 rings (SSSR count). The first kappa shape index (κ1) is 13.3. The Hall–Kier alpha value is -0.740. The van der Waals surface area contributed by atoms with Crippen LogP contribution in [0.1, 0.15) is 11.1 Å². The maximum absolute atomic E-state index is 5.36. The Labute approximate surface area is 105 Å². The maximum Gasteiger partial charge on any atom is 0.122 e. The fourth-order valence-corrected chi connectivity index (χ4v) is 1.88. The van der Waals surface area contributed by atoms with E-state index in [1.54, 1.807) is 14.2 Å². The molecule has 0 heterocycles. The molecule has 0 spiro atoms. The Morgan fingerprint density at radius 2 is 1.88 bits per heavy atom. The molecule has 3 nitrogen and oxygen atoms in total. The quantitative estimate of drug-likeness (QED) is 0.495. The number of hydrogen-bond acceptors (Lipinski definition) is 3. The van der Waals surface area contributed by atoms with Gasteiger partial charge >= 0.3 is 0 Å². The number of methoxy groups -OCH3 is 2. The van der Waals surface area contributed by atoms with Gasteiger partial charge in [-0.3, -0.25) is 0 Å². The van der Waals surface area contributed by atoms with Crippen molar-refractivity contribution in [3.05, 3.63) is 23.3 Å². The Morgan fingerprint density at radius 1 is 1.19 bits per heavy atom. The van der Waals surface area contributed by atoms with Crippen LogP contribution in [0.3, 0.4) is 0 Å². The van der Waals surface area contributed by atoms with Crippen LogP contribution in [0.15, 0.2) is 12.1 Å². The predicted octanol–water partition coefficient (Wildman–Crippen LogP) is 2.50. The predicted molar refractivity (Wildman–Crippen MR) is 69.8 cm³/mol. The summed E-state index contributed by atoms with van der Waals surface area (Å²) in [4.78, 5) is 0. The molecule has 0 aliphatic rings. The van der Waals surface area contributed by atoms with Crippen molar-refractivity contribution in [2.24, 2.45) is 0 Å². The lowest BCUT2D eigenvalue weighted by Crippen LogP contribution is -2.15. The van der Waals surface area contributed by atoms with Crippen molar-refractivity contribution in [1.29, 1.82) is 0 Å². The summed E-state index contributed by atoms with van der Waals surface area (Å²) in [6.45, 7) is 2.93. The van der Waals surface area contributed by atoms with E-state index in [0.717, 1.165) is 35.5 Å². The molecular weight excluding hydrogens is 270 g/mol. The highest BCUT2D eigenvalue weighted by Gasteiger charge is 2.07. The summed E-state index contributed by atoms with van der Waals surface area (Å²) >= 11 is 3.33. The zero-order valence-electron chi connectivity index (χ0n) is 9.97. The van der Waals surface area contributed by atoms with Crippen LogP contribution in [-0.4, -0.2) is 26.2 Å². The summed E-state index contributed by atoms with van der Waals surface area (Å²) in [6.07, 6.45) is 0.922. The molecular formula is C12H18BrNO2. The van der Waals surface area contributed by atoms with E-state index in [2.05, 4.69) is 21.2 Å². The van der Waals surface area contributed by atoms with Gasteiger partial charge in [-0.15, -0.1) is 0 Å². The summed E-state index contributed by atoms with van der Waals surface area (Å²) in [5.74, 6) is 1.84. The topological polar surface area (TPSA) is 30.5 Å². The summed E-state index contributed by atoms with van der Waals surface area (Å²) in [5, 5.41) is 3.22. The number of ether oxygens (including phenoxy) is 2. The number of hydrogen-bond donors (Lipinski definition) is 1. The standard InChI is InChI=1S/C12H18BrNO2/c1-9-6-12(16-3)10(4-5-14-8-13)7-11(9)15-2/h6-7,14H,4-5,8H2,1-3H3. The van der Waals surface area contributed by atoms with Gasteiger partial charge in [0.1, 0.15) is 11.5 Å². The number of aryl methyl sites for hydroxylation is 1. The van der Waals surface area contributed by atoms with Crippen LogP contribution in [-0.2, 0) is 6.42 Å². The lowest BCUT2D eigenvalue weighted by molar-refractivity contribution is 0.396. The van der Waals surface area contributed by atoms with Gasteiger partial charge < -0.3 is 14.8 Å². The maximum atomic E-state index is 5.36. The zero-order valence-corrected chi connectivity index (χ0v) is 11.6. The zero-order chi connectivity index (χ0) is 12.0. The molecule has 0 fully saturated rings. The van der Waals surface area contributed by atoms with Gasteiger partial charge in [-0.25, -0.2) is 0 Å². The molecule has 0 atom stereocenters. The highest BCUT2D eigenvalue weighted by Crippen LogP contribution is 2.28. The van der Waals surface area contributed by atoms with Gasteiger partial charge in [0, 0.05) is 6.54 Å². The third-order valence-corrected chi connectivity index (χ3v) is 2.86. The van der Waals surface area contributed by atoms with Crippen LogP contribution in [0.25, 0.3) is 0 Å². The Morgan fingerprint density at radius 3 is 2.44 bits per heavy atom. The molecule has 4 heteroatoms. The molecule has 0 amide bonds. The average Bonchev–Trinajstić information content (AvgIpc) is 2.30. The largest absolute Gasteiger partial charge is 0.496 e. The van der Waals surface area contributed by atoms with E-state index < -0.39 is 0 Å². The second-order valence-electron chi connectivity index (χ2n) is 3.52. The van der Waals surface area contributed by atoms with Crippen molar-refractivity contribution < 1.29 is 9.47 Å². The van der Waals surface area contributed by atoms with E-state index in [-0.39, 0.29) is 0 Å². The average molecular weight is 288 g/mol. The highest BCUT2D eigenvalue weighted by atomic mass is 79.9. The van der Waals surface area contributed by atoms with Crippen LogP contribution in [0, 0.1) is 6.92 Å². The van der Waals surface area contributed by atoms with E-state index >= 15 is 0 Å². The minimum absolute atomic E-state index is 0.804. The summed E-state index contributed by atoms with van der Waals surface area (Å²) in [7, 11) is 3.39. The van der Waals surface area contributed by atoms with Gasteiger partial charge in [0.2, 0.25) is 0 Å². The van der Waals surface area contributed by atoms with Crippen LogP contribution in [0.5, 0.6) is 11.5 Å². The van der Waals surface area contributed by atoms with E-state index in [0.29, 0.717) is 0 Å². The number of alkyl halides is 1. The van der Waals surface area contributed by atoms with Crippen LogP contribution in [0.4, 0.5) is 0 Å². The van der Waals surface area contributed by atoms with Crippen molar-refractivity contribution in [3.63, 3.8) is 0 Å². The normalized spacial score (nSPS) is 10.2. The molecule has 0 saturated heterocycles. The second-order valence-corrected chi connectivity index (χ2v) is 4.08. The summed E-state index contributed by atoms with van der Waals surface area (Å²) < 4.78 is 10.7. The first-order valence-electron chi connectivity index (χ1n) is 5.21. The fraction of sp³-hybridized carbons (Fsp3) is 0.500. The third-order valence-electron chi connectivity index (χ3n) is 2.46. The molecule has 16 heavy (non-hydrogen) atoms. The van der Waals surface area contributed by atoms with E-state index in [1.165, 1.54) is 5.56 Å². The van der Waals surface area contributed by atoms with Gasteiger partial charge in [0.15, 0.2) is 0 Å². The minimum Gasteiger partial charge on any atom is -0.496 e. The number of nitrogens with one attached hydrogen (secondary N) is 1. The molecule has 1 N–H and O–H groups in total. The van der Waals surface area contributed by atoms with Gasteiger partial charge in [0.25, 0.3) is 0 Å². The smallest absolute Gasteiger partial charge is 0.122 e. The van der Waals surface area contributed by atoms with Crippen molar-refractivity contribution in [1.82, 2.24) is 5.32 Å². The van der Waals surface area contributed by atoms with Crippen molar-refractivity contribution in [3.8, 4) is 11.5 Å². The summed E-state index contributed by atoms with van der Waals surface area (Å²) in [6, 6.07) is 4.06. The van der Waals surface area contributed by atoms with Crippen molar-refractivity contribution in [2.45, 2.75) is 13.3 Å². The lowest BCUT2D eigenvalue weighted by Gasteiger charge is -2.13. The molecule has 0 unspecified atom stereocenters. The molecule has 0 saturated carbocycles. The van der Waals surface area contributed by atoms with Crippen molar-refractivity contribution >= 4 is 15.9 Å². The Balaban J connectivity index is 2.86.